The van der Waals surface area contributed by atoms with Crippen LogP contribution in [0, 0.1) is 0 Å². The van der Waals surface area contributed by atoms with Crippen LogP contribution < -0.4 is 0 Å². The van der Waals surface area contributed by atoms with Crippen LogP contribution in [-0.2, 0) is 9.47 Å². The number of hydrogen-bond acceptors (Lipinski definition) is 7. The second kappa shape index (κ2) is 6.72. The van der Waals surface area contributed by atoms with E-state index >= 15 is 0 Å². The second-order valence-corrected chi connectivity index (χ2v) is 3.52. The van der Waals surface area contributed by atoms with E-state index in [2.05, 4.69) is 10.0 Å². The van der Waals surface area contributed by atoms with Crippen LogP contribution in [0.4, 0.5) is 0 Å². The summed E-state index contributed by atoms with van der Waals surface area (Å²) in [5.74, 6) is 0. The Morgan fingerprint density at radius 3 is 2.53 bits per heavy atom. The summed E-state index contributed by atoms with van der Waals surface area (Å²) in [6.07, 6.45) is -6.49. The van der Waals surface area contributed by atoms with Gasteiger partial charge in [-0.05, 0) is 5.53 Å². The molecule has 1 aliphatic rings. The van der Waals surface area contributed by atoms with Crippen molar-refractivity contribution < 1.29 is 29.9 Å². The third-order valence-electron chi connectivity index (χ3n) is 2.39. The molecule has 0 aromatic heterocycles. The van der Waals surface area contributed by atoms with Crippen LogP contribution in [0.5, 0.6) is 0 Å². The highest BCUT2D eigenvalue weighted by molar-refractivity contribution is 4.88. The zero-order chi connectivity index (χ0) is 12.8. The van der Waals surface area contributed by atoms with Crippen molar-refractivity contribution in [3.63, 3.8) is 0 Å². The molecule has 0 unspecified atom stereocenters. The van der Waals surface area contributed by atoms with E-state index in [1.807, 2.05) is 0 Å². The SMILES string of the molecule is [N-]=[N+]=NCCO[C@H]1O[C@@H](CO)[C@@H](O)[C@H](O)[C@H]1O. The minimum absolute atomic E-state index is 0.00719. The number of rotatable bonds is 5. The highest BCUT2D eigenvalue weighted by Crippen LogP contribution is 2.21. The minimum atomic E-state index is -1.47. The Kier molecular flexibility index (Phi) is 5.59. The number of aliphatic hydroxyl groups is 4. The maximum absolute atomic E-state index is 9.53. The summed E-state index contributed by atoms with van der Waals surface area (Å²) < 4.78 is 10.1. The molecule has 9 nitrogen and oxygen atoms in total. The monoisotopic (exact) mass is 249 g/mol. The van der Waals surface area contributed by atoms with Crippen molar-refractivity contribution in [2.45, 2.75) is 30.7 Å². The molecule has 9 heteroatoms. The van der Waals surface area contributed by atoms with Crippen LogP contribution >= 0.6 is 0 Å². The molecule has 0 saturated carbocycles. The van der Waals surface area contributed by atoms with Crippen LogP contribution in [0.1, 0.15) is 0 Å². The molecule has 1 rings (SSSR count). The zero-order valence-corrected chi connectivity index (χ0v) is 8.96. The largest absolute Gasteiger partial charge is 0.394 e. The summed E-state index contributed by atoms with van der Waals surface area (Å²) >= 11 is 0. The van der Waals surface area contributed by atoms with Gasteiger partial charge in [-0.1, -0.05) is 5.11 Å². The van der Waals surface area contributed by atoms with E-state index in [1.54, 1.807) is 0 Å². The van der Waals surface area contributed by atoms with Gasteiger partial charge in [0, 0.05) is 11.5 Å². The Morgan fingerprint density at radius 1 is 1.24 bits per heavy atom. The highest BCUT2D eigenvalue weighted by atomic mass is 16.7. The first-order chi connectivity index (χ1) is 8.11. The average Bonchev–Trinajstić information content (AvgIpc) is 2.34. The Bertz CT molecular complexity index is 282. The molecule has 5 atom stereocenters. The molecular formula is C8H15N3O6. The molecule has 0 radical (unpaired) electrons. The first kappa shape index (κ1) is 14.1. The summed E-state index contributed by atoms with van der Waals surface area (Å²) in [6, 6.07) is 0. The van der Waals surface area contributed by atoms with Gasteiger partial charge in [-0.25, -0.2) is 0 Å². The van der Waals surface area contributed by atoms with Crippen LogP contribution in [-0.4, -0.2) is 70.9 Å². The van der Waals surface area contributed by atoms with Gasteiger partial charge in [0.05, 0.1) is 13.2 Å². The first-order valence-corrected chi connectivity index (χ1v) is 5.04. The van der Waals surface area contributed by atoms with Gasteiger partial charge in [-0.15, -0.1) is 0 Å². The molecule has 0 aromatic carbocycles. The van der Waals surface area contributed by atoms with Crippen molar-refractivity contribution >= 4 is 0 Å². The lowest BCUT2D eigenvalue weighted by atomic mass is 9.99. The van der Waals surface area contributed by atoms with E-state index in [1.165, 1.54) is 0 Å². The standard InChI is InChI=1S/C8H15N3O6/c9-11-10-1-2-16-8-7(15)6(14)5(13)4(3-12)17-8/h4-8,12-15H,1-3H2/t4-,5+,6-,7+,8-/m0/s1. The summed E-state index contributed by atoms with van der Waals surface area (Å²) in [7, 11) is 0. The fourth-order valence-corrected chi connectivity index (χ4v) is 1.46. The summed E-state index contributed by atoms with van der Waals surface area (Å²) in [5, 5.41) is 40.5. The molecule has 0 aromatic rings. The maximum atomic E-state index is 9.53. The number of ether oxygens (including phenoxy) is 2. The lowest BCUT2D eigenvalue weighted by Crippen LogP contribution is -2.59. The van der Waals surface area contributed by atoms with E-state index in [-0.39, 0.29) is 13.2 Å². The van der Waals surface area contributed by atoms with Crippen LogP contribution in [0.3, 0.4) is 0 Å². The smallest absolute Gasteiger partial charge is 0.186 e. The van der Waals surface area contributed by atoms with Crippen molar-refractivity contribution in [1.29, 1.82) is 0 Å². The molecule has 1 heterocycles. The number of azide groups is 1. The quantitative estimate of drug-likeness (QED) is 0.194. The van der Waals surface area contributed by atoms with E-state index in [9.17, 15) is 15.3 Å². The predicted molar refractivity (Wildman–Crippen MR) is 53.7 cm³/mol. The van der Waals surface area contributed by atoms with Crippen LogP contribution in [0.15, 0.2) is 5.11 Å². The molecule has 1 saturated heterocycles. The molecule has 0 spiro atoms. The second-order valence-electron chi connectivity index (χ2n) is 3.52. The minimum Gasteiger partial charge on any atom is -0.394 e. The average molecular weight is 249 g/mol. The van der Waals surface area contributed by atoms with Crippen molar-refractivity contribution in [1.82, 2.24) is 0 Å². The van der Waals surface area contributed by atoms with Crippen molar-refractivity contribution in [3.8, 4) is 0 Å². The van der Waals surface area contributed by atoms with E-state index < -0.39 is 37.3 Å². The van der Waals surface area contributed by atoms with Gasteiger partial charge in [0.25, 0.3) is 0 Å². The lowest BCUT2D eigenvalue weighted by Gasteiger charge is -2.39. The summed E-state index contributed by atoms with van der Waals surface area (Å²) in [5.41, 5.74) is 8.03. The molecule has 0 amide bonds. The van der Waals surface area contributed by atoms with Crippen molar-refractivity contribution in [2.24, 2.45) is 5.11 Å². The van der Waals surface area contributed by atoms with Gasteiger partial charge in [-0.3, -0.25) is 0 Å². The Hall–Kier alpha value is -0.930. The van der Waals surface area contributed by atoms with Gasteiger partial charge in [0.2, 0.25) is 0 Å². The van der Waals surface area contributed by atoms with E-state index in [0.29, 0.717) is 0 Å². The molecule has 0 aliphatic carbocycles. The normalized spacial score (nSPS) is 37.5. The van der Waals surface area contributed by atoms with Gasteiger partial charge >= 0.3 is 0 Å². The first-order valence-electron chi connectivity index (χ1n) is 5.04. The van der Waals surface area contributed by atoms with E-state index in [0.717, 1.165) is 0 Å². The predicted octanol–water partition coefficient (Wildman–Crippen LogP) is -1.89. The van der Waals surface area contributed by atoms with Gasteiger partial charge in [-0.2, -0.15) is 0 Å². The number of hydrogen-bond donors (Lipinski definition) is 4. The zero-order valence-electron chi connectivity index (χ0n) is 8.96. The molecular weight excluding hydrogens is 234 g/mol. The van der Waals surface area contributed by atoms with Gasteiger partial charge in [0.1, 0.15) is 24.4 Å². The maximum Gasteiger partial charge on any atom is 0.186 e. The molecule has 4 N–H and O–H groups in total. The van der Waals surface area contributed by atoms with Crippen LogP contribution in [0.25, 0.3) is 10.4 Å². The fraction of sp³-hybridized carbons (Fsp3) is 1.00. The third-order valence-corrected chi connectivity index (χ3v) is 2.39. The molecule has 98 valence electrons. The van der Waals surface area contributed by atoms with Crippen molar-refractivity contribution in [3.05, 3.63) is 10.4 Å². The number of nitrogens with zero attached hydrogens (tertiary/aromatic N) is 3. The summed E-state index contributed by atoms with van der Waals surface area (Å²) in [6.45, 7) is -0.473. The topological polar surface area (TPSA) is 148 Å². The molecule has 0 bridgehead atoms. The third kappa shape index (κ3) is 3.51. The van der Waals surface area contributed by atoms with Gasteiger partial charge < -0.3 is 29.9 Å². The lowest BCUT2D eigenvalue weighted by molar-refractivity contribution is -0.300. The summed E-state index contributed by atoms with van der Waals surface area (Å²) in [4.78, 5) is 2.51. The Balaban J connectivity index is 2.50. The Morgan fingerprint density at radius 2 is 1.94 bits per heavy atom. The fourth-order valence-electron chi connectivity index (χ4n) is 1.46. The van der Waals surface area contributed by atoms with E-state index in [4.69, 9.17) is 20.1 Å². The Labute approximate surface area is 96.8 Å². The van der Waals surface area contributed by atoms with Gasteiger partial charge in [0.15, 0.2) is 6.29 Å². The number of aliphatic hydroxyl groups excluding tert-OH is 4. The highest BCUT2D eigenvalue weighted by Gasteiger charge is 2.43. The molecule has 1 aliphatic heterocycles. The van der Waals surface area contributed by atoms with Crippen LogP contribution in [0.2, 0.25) is 0 Å². The molecule has 17 heavy (non-hydrogen) atoms. The van der Waals surface area contributed by atoms with Crippen molar-refractivity contribution in [2.75, 3.05) is 19.8 Å². The molecule has 1 fully saturated rings.